The van der Waals surface area contributed by atoms with Gasteiger partial charge in [-0.05, 0) is 84.3 Å². The molecule has 0 N–H and O–H groups in total. The molecule has 0 aliphatic rings. The summed E-state index contributed by atoms with van der Waals surface area (Å²) in [6.45, 7) is 4.55. The predicted octanol–water partition coefficient (Wildman–Crippen LogP) is 9.50. The molecule has 0 atom stereocenters. The molecule has 0 aliphatic heterocycles. The summed E-state index contributed by atoms with van der Waals surface area (Å²) in [6.07, 6.45) is 0. The molecule has 0 radical (unpaired) electrons. The molecule has 6 aromatic rings. The molecule has 0 nitrogen and oxygen atoms in total. The number of rotatable bonds is 2. The number of hydrogen-bond acceptors (Lipinski definition) is 4. The third-order valence-corrected chi connectivity index (χ3v) is 9.77. The molecule has 0 bridgehead atoms. The topological polar surface area (TPSA) is 0 Å². The van der Waals surface area contributed by atoms with Gasteiger partial charge in [0.2, 0.25) is 0 Å². The zero-order valence-electron chi connectivity index (χ0n) is 15.4. The van der Waals surface area contributed by atoms with Crippen molar-refractivity contribution in [2.45, 2.75) is 13.8 Å². The summed E-state index contributed by atoms with van der Waals surface area (Å²) >= 11 is 7.47. The average molecular weight is 433 g/mol. The molecule has 0 amide bonds. The highest BCUT2D eigenvalue weighted by atomic mass is 32.1. The van der Waals surface area contributed by atoms with Crippen LogP contribution in [-0.2, 0) is 0 Å². The lowest BCUT2D eigenvalue weighted by molar-refractivity contribution is 1.64. The van der Waals surface area contributed by atoms with Crippen LogP contribution >= 0.6 is 45.3 Å². The largest absolute Gasteiger partial charge is 0.144 e. The third-order valence-electron chi connectivity index (χ3n) is 5.57. The van der Waals surface area contributed by atoms with Gasteiger partial charge in [0.1, 0.15) is 0 Å². The Morgan fingerprint density at radius 1 is 0.536 bits per heavy atom. The predicted molar refractivity (Wildman–Crippen MR) is 133 cm³/mol. The quantitative estimate of drug-likeness (QED) is 0.255. The Balaban J connectivity index is 1.53. The lowest BCUT2D eigenvalue weighted by Crippen LogP contribution is -1.79. The summed E-state index contributed by atoms with van der Waals surface area (Å²) in [4.78, 5) is 2.76. The maximum absolute atomic E-state index is 2.39. The van der Waals surface area contributed by atoms with Gasteiger partial charge in [0.15, 0.2) is 0 Å². The van der Waals surface area contributed by atoms with Crippen molar-refractivity contribution in [3.63, 3.8) is 0 Å². The van der Waals surface area contributed by atoms with Crippen molar-refractivity contribution < 1.29 is 0 Å². The average Bonchev–Trinajstić information content (AvgIpc) is 3.49. The van der Waals surface area contributed by atoms with Crippen LogP contribution in [0, 0.1) is 0 Å². The molecule has 0 saturated heterocycles. The minimum absolute atomic E-state index is 1.37. The molecule has 0 unspecified atom stereocenters. The Hall–Kier alpha value is -1.98. The Bertz CT molecular complexity index is 1410. The Morgan fingerprint density at radius 3 is 1.43 bits per heavy atom. The standard InChI is InChI=1S/C24H16S4/c1-13(23-11-17-15-7-9-25-19(15)3-5-21(17)27-23)14(2)24-12-18-16-8-10-26-20(16)4-6-22(18)28-24/h3-12H,1-2H3/b14-13+. The van der Waals surface area contributed by atoms with E-state index in [-0.39, 0.29) is 0 Å². The van der Waals surface area contributed by atoms with Gasteiger partial charge >= 0.3 is 0 Å². The van der Waals surface area contributed by atoms with Crippen LogP contribution in [0.3, 0.4) is 0 Å². The first-order valence-electron chi connectivity index (χ1n) is 9.17. The van der Waals surface area contributed by atoms with E-state index < -0.39 is 0 Å². The van der Waals surface area contributed by atoms with Crippen LogP contribution in [0.15, 0.2) is 59.3 Å². The smallest absolute Gasteiger partial charge is 0.0356 e. The van der Waals surface area contributed by atoms with Crippen molar-refractivity contribution >= 4 is 96.8 Å². The molecule has 4 heteroatoms. The Kier molecular flexibility index (Phi) is 3.78. The minimum atomic E-state index is 1.37. The van der Waals surface area contributed by atoms with E-state index in [0.717, 1.165) is 0 Å². The van der Waals surface area contributed by atoms with E-state index in [0.29, 0.717) is 0 Å². The van der Waals surface area contributed by atoms with Crippen LogP contribution in [0.1, 0.15) is 23.6 Å². The van der Waals surface area contributed by atoms with E-state index in [2.05, 4.69) is 73.1 Å². The van der Waals surface area contributed by atoms with Crippen LogP contribution in [0.5, 0.6) is 0 Å². The zero-order valence-corrected chi connectivity index (χ0v) is 18.7. The molecule has 2 aromatic carbocycles. The third kappa shape index (κ3) is 2.45. The molecule has 4 aromatic heterocycles. The van der Waals surface area contributed by atoms with Gasteiger partial charge < -0.3 is 0 Å². The maximum atomic E-state index is 2.39. The van der Waals surface area contributed by atoms with Gasteiger partial charge in [0.05, 0.1) is 0 Å². The number of fused-ring (bicyclic) bond motifs is 6. The Morgan fingerprint density at radius 2 is 0.964 bits per heavy atom. The second-order valence-corrected chi connectivity index (χ2v) is 11.2. The molecule has 4 heterocycles. The van der Waals surface area contributed by atoms with Gasteiger partial charge in [0, 0.05) is 50.1 Å². The lowest BCUT2D eigenvalue weighted by Gasteiger charge is -2.03. The van der Waals surface area contributed by atoms with Gasteiger partial charge in [-0.3, -0.25) is 0 Å². The number of thiophene rings is 4. The first-order valence-corrected chi connectivity index (χ1v) is 12.6. The van der Waals surface area contributed by atoms with Crippen LogP contribution < -0.4 is 0 Å². The van der Waals surface area contributed by atoms with E-state index in [9.17, 15) is 0 Å². The van der Waals surface area contributed by atoms with Gasteiger partial charge in [-0.25, -0.2) is 0 Å². The van der Waals surface area contributed by atoms with Crippen molar-refractivity contribution in [3.8, 4) is 0 Å². The molecule has 6 rings (SSSR count). The van der Waals surface area contributed by atoms with Gasteiger partial charge in [-0.2, -0.15) is 0 Å². The SMILES string of the molecule is C/C(=C(/C)c1cc2c(ccc3sccc32)s1)c1cc2c(ccc3sccc32)s1. The van der Waals surface area contributed by atoms with E-state index in [1.807, 2.05) is 45.3 Å². The summed E-state index contributed by atoms with van der Waals surface area (Å²) in [5.74, 6) is 0. The Labute approximate surface area is 179 Å². The van der Waals surface area contributed by atoms with Gasteiger partial charge in [0.25, 0.3) is 0 Å². The number of benzene rings is 2. The summed E-state index contributed by atoms with van der Waals surface area (Å²) in [7, 11) is 0. The maximum Gasteiger partial charge on any atom is 0.0356 e. The normalized spacial score (nSPS) is 13.2. The lowest BCUT2D eigenvalue weighted by atomic mass is 10.1. The van der Waals surface area contributed by atoms with Gasteiger partial charge in [-0.15, -0.1) is 45.3 Å². The highest BCUT2D eigenvalue weighted by molar-refractivity contribution is 7.22. The second-order valence-electron chi connectivity index (χ2n) is 7.09. The first kappa shape index (κ1) is 16.9. The molecular weight excluding hydrogens is 417 g/mol. The van der Waals surface area contributed by atoms with Crippen molar-refractivity contribution in [1.82, 2.24) is 0 Å². The van der Waals surface area contributed by atoms with Crippen LogP contribution in [0.25, 0.3) is 51.5 Å². The van der Waals surface area contributed by atoms with Crippen molar-refractivity contribution in [2.24, 2.45) is 0 Å². The van der Waals surface area contributed by atoms with Gasteiger partial charge in [-0.1, -0.05) is 0 Å². The number of allylic oxidation sites excluding steroid dienone is 2. The zero-order chi connectivity index (χ0) is 18.8. The molecule has 0 saturated carbocycles. The van der Waals surface area contributed by atoms with Crippen molar-refractivity contribution in [1.29, 1.82) is 0 Å². The van der Waals surface area contributed by atoms with E-state index in [1.165, 1.54) is 61.2 Å². The molecule has 0 fully saturated rings. The minimum Gasteiger partial charge on any atom is -0.144 e. The van der Waals surface area contributed by atoms with Crippen LogP contribution in [0.2, 0.25) is 0 Å². The summed E-state index contributed by atoms with van der Waals surface area (Å²) in [5.41, 5.74) is 2.77. The highest BCUT2D eigenvalue weighted by Gasteiger charge is 2.13. The molecule has 0 aliphatic carbocycles. The fraction of sp³-hybridized carbons (Fsp3) is 0.0833. The summed E-state index contributed by atoms with van der Waals surface area (Å²) in [5, 5.41) is 9.94. The fourth-order valence-electron chi connectivity index (χ4n) is 3.87. The molecule has 0 spiro atoms. The monoisotopic (exact) mass is 432 g/mol. The molecule has 136 valence electrons. The van der Waals surface area contributed by atoms with Crippen molar-refractivity contribution in [3.05, 3.63) is 69.0 Å². The van der Waals surface area contributed by atoms with E-state index >= 15 is 0 Å². The first-order chi connectivity index (χ1) is 13.7. The van der Waals surface area contributed by atoms with Crippen LogP contribution in [0.4, 0.5) is 0 Å². The number of hydrogen-bond donors (Lipinski definition) is 0. The van der Waals surface area contributed by atoms with Crippen LogP contribution in [-0.4, -0.2) is 0 Å². The van der Waals surface area contributed by atoms with E-state index in [4.69, 9.17) is 0 Å². The fourth-order valence-corrected chi connectivity index (χ4v) is 7.74. The second kappa shape index (κ2) is 6.26. The van der Waals surface area contributed by atoms with E-state index in [1.54, 1.807) is 0 Å². The summed E-state index contributed by atoms with van der Waals surface area (Å²) < 4.78 is 5.51. The molecule has 28 heavy (non-hydrogen) atoms. The highest BCUT2D eigenvalue weighted by Crippen LogP contribution is 2.41. The summed E-state index contributed by atoms with van der Waals surface area (Å²) in [6, 6.07) is 18.3. The van der Waals surface area contributed by atoms with Crippen molar-refractivity contribution in [2.75, 3.05) is 0 Å². The molecular formula is C24H16S4.